The summed E-state index contributed by atoms with van der Waals surface area (Å²) < 4.78 is 31.6. The van der Waals surface area contributed by atoms with Gasteiger partial charge in [-0.15, -0.1) is 0 Å². The van der Waals surface area contributed by atoms with E-state index >= 15 is 0 Å². The van der Waals surface area contributed by atoms with Crippen molar-refractivity contribution in [3.05, 3.63) is 24.2 Å². The number of hydrogen-bond donors (Lipinski definition) is 0. The highest BCUT2D eigenvalue weighted by molar-refractivity contribution is 7.88. The minimum absolute atomic E-state index is 0.198. The second-order valence-electron chi connectivity index (χ2n) is 6.41. The van der Waals surface area contributed by atoms with Crippen LogP contribution in [0.2, 0.25) is 0 Å². The van der Waals surface area contributed by atoms with E-state index in [1.165, 1.54) is 6.26 Å². The SMILES string of the molecule is CS(=O)(=O)N1CCCC[C@]12CCCN(Cc1ccco1)C2. The Kier molecular flexibility index (Phi) is 4.12. The molecule has 118 valence electrons. The van der Waals surface area contributed by atoms with Crippen LogP contribution >= 0.6 is 0 Å². The Bertz CT molecular complexity index is 566. The number of likely N-dealkylation sites (tertiary alicyclic amines) is 1. The summed E-state index contributed by atoms with van der Waals surface area (Å²) in [5.41, 5.74) is -0.198. The molecule has 21 heavy (non-hydrogen) atoms. The van der Waals surface area contributed by atoms with Gasteiger partial charge in [0.25, 0.3) is 0 Å². The van der Waals surface area contributed by atoms with Crippen LogP contribution in [0, 0.1) is 0 Å². The van der Waals surface area contributed by atoms with Crippen molar-refractivity contribution in [1.29, 1.82) is 0 Å². The fourth-order valence-electron chi connectivity index (χ4n) is 3.96. The molecule has 0 saturated carbocycles. The molecule has 3 heterocycles. The zero-order valence-electron chi connectivity index (χ0n) is 12.6. The molecular formula is C15H24N2O3S. The Balaban J connectivity index is 1.79. The fraction of sp³-hybridized carbons (Fsp3) is 0.733. The number of rotatable bonds is 3. The smallest absolute Gasteiger partial charge is 0.211 e. The summed E-state index contributed by atoms with van der Waals surface area (Å²) in [5, 5.41) is 0. The summed E-state index contributed by atoms with van der Waals surface area (Å²) in [6, 6.07) is 3.88. The van der Waals surface area contributed by atoms with E-state index in [0.29, 0.717) is 6.54 Å². The van der Waals surface area contributed by atoms with Gasteiger partial charge in [-0.2, -0.15) is 4.31 Å². The normalized spacial score (nSPS) is 29.0. The Morgan fingerprint density at radius 2 is 2.05 bits per heavy atom. The summed E-state index contributed by atoms with van der Waals surface area (Å²) in [4.78, 5) is 2.34. The minimum Gasteiger partial charge on any atom is -0.468 e. The van der Waals surface area contributed by atoms with E-state index in [1.54, 1.807) is 10.6 Å². The van der Waals surface area contributed by atoms with Crippen LogP contribution in [0.25, 0.3) is 0 Å². The van der Waals surface area contributed by atoms with Crippen molar-refractivity contribution in [2.24, 2.45) is 0 Å². The predicted octanol–water partition coefficient (Wildman–Crippen LogP) is 2.06. The average Bonchev–Trinajstić information content (AvgIpc) is 2.91. The van der Waals surface area contributed by atoms with Crippen LogP contribution in [-0.2, 0) is 16.6 Å². The molecular weight excluding hydrogens is 288 g/mol. The van der Waals surface area contributed by atoms with Gasteiger partial charge < -0.3 is 4.42 Å². The summed E-state index contributed by atoms with van der Waals surface area (Å²) in [6.07, 6.45) is 8.16. The topological polar surface area (TPSA) is 53.8 Å². The highest BCUT2D eigenvalue weighted by Gasteiger charge is 2.46. The Morgan fingerprint density at radius 3 is 2.76 bits per heavy atom. The summed E-state index contributed by atoms with van der Waals surface area (Å²) in [6.45, 7) is 3.28. The van der Waals surface area contributed by atoms with Crippen molar-refractivity contribution >= 4 is 10.0 Å². The Hall–Kier alpha value is -0.850. The molecule has 5 nitrogen and oxygen atoms in total. The van der Waals surface area contributed by atoms with Crippen molar-refractivity contribution in [2.45, 2.75) is 44.2 Å². The predicted molar refractivity (Wildman–Crippen MR) is 81.4 cm³/mol. The van der Waals surface area contributed by atoms with E-state index in [9.17, 15) is 8.42 Å². The van der Waals surface area contributed by atoms with Crippen LogP contribution in [0.1, 0.15) is 37.9 Å². The molecule has 0 radical (unpaired) electrons. The van der Waals surface area contributed by atoms with Gasteiger partial charge in [-0.05, 0) is 44.4 Å². The molecule has 0 N–H and O–H groups in total. The van der Waals surface area contributed by atoms with E-state index < -0.39 is 10.0 Å². The van der Waals surface area contributed by atoms with Gasteiger partial charge in [0.05, 0.1) is 19.1 Å². The van der Waals surface area contributed by atoms with E-state index in [2.05, 4.69) is 4.90 Å². The molecule has 1 aromatic rings. The maximum atomic E-state index is 12.2. The molecule has 1 spiro atoms. The maximum absolute atomic E-state index is 12.2. The van der Waals surface area contributed by atoms with Crippen LogP contribution < -0.4 is 0 Å². The summed E-state index contributed by atoms with van der Waals surface area (Å²) in [7, 11) is -3.14. The second kappa shape index (κ2) is 5.74. The van der Waals surface area contributed by atoms with Gasteiger partial charge >= 0.3 is 0 Å². The first kappa shape index (κ1) is 15.1. The van der Waals surface area contributed by atoms with Gasteiger partial charge in [-0.25, -0.2) is 8.42 Å². The lowest BCUT2D eigenvalue weighted by atomic mass is 9.81. The van der Waals surface area contributed by atoms with Crippen LogP contribution in [0.5, 0.6) is 0 Å². The standard InChI is InChI=1S/C15H24N2O3S/c1-21(18,19)17-10-3-2-7-15(17)8-5-9-16(13-15)12-14-6-4-11-20-14/h4,6,11H,2-3,5,7-10,12-13H2,1H3/t15-/m1/s1. The summed E-state index contributed by atoms with van der Waals surface area (Å²) in [5.74, 6) is 0.953. The lowest BCUT2D eigenvalue weighted by molar-refractivity contribution is 0.0310. The highest BCUT2D eigenvalue weighted by Crippen LogP contribution is 2.38. The van der Waals surface area contributed by atoms with Crippen LogP contribution in [0.4, 0.5) is 0 Å². The van der Waals surface area contributed by atoms with Gasteiger partial charge in [0, 0.05) is 18.6 Å². The third kappa shape index (κ3) is 3.17. The zero-order valence-corrected chi connectivity index (χ0v) is 13.4. The monoisotopic (exact) mass is 312 g/mol. The molecule has 0 aliphatic carbocycles. The van der Waals surface area contributed by atoms with E-state index in [0.717, 1.165) is 57.5 Å². The van der Waals surface area contributed by atoms with Gasteiger partial charge in [0.15, 0.2) is 0 Å². The molecule has 2 aliphatic rings. The zero-order chi connectivity index (χ0) is 14.9. The Morgan fingerprint density at radius 1 is 1.24 bits per heavy atom. The first-order chi connectivity index (χ1) is 10.00. The van der Waals surface area contributed by atoms with Gasteiger partial charge in [0.1, 0.15) is 5.76 Å². The average molecular weight is 312 g/mol. The molecule has 1 aromatic heterocycles. The van der Waals surface area contributed by atoms with Crippen molar-refractivity contribution in [1.82, 2.24) is 9.21 Å². The van der Waals surface area contributed by atoms with Crippen LogP contribution in [-0.4, -0.2) is 49.1 Å². The highest BCUT2D eigenvalue weighted by atomic mass is 32.2. The van der Waals surface area contributed by atoms with Crippen molar-refractivity contribution < 1.29 is 12.8 Å². The number of hydrogen-bond acceptors (Lipinski definition) is 4. The maximum Gasteiger partial charge on any atom is 0.211 e. The molecule has 6 heteroatoms. The fourth-order valence-corrected chi connectivity index (χ4v) is 5.37. The van der Waals surface area contributed by atoms with Crippen LogP contribution in [0.3, 0.4) is 0 Å². The lowest BCUT2D eigenvalue weighted by Crippen LogP contribution is -2.61. The number of sulfonamides is 1. The van der Waals surface area contributed by atoms with E-state index in [4.69, 9.17) is 4.42 Å². The molecule has 0 unspecified atom stereocenters. The number of piperidine rings is 2. The lowest BCUT2D eigenvalue weighted by Gasteiger charge is -2.50. The van der Waals surface area contributed by atoms with E-state index in [1.807, 2.05) is 12.1 Å². The number of nitrogens with zero attached hydrogens (tertiary/aromatic N) is 2. The largest absolute Gasteiger partial charge is 0.468 e. The minimum atomic E-state index is -3.14. The van der Waals surface area contributed by atoms with Crippen LogP contribution in [0.15, 0.2) is 22.8 Å². The second-order valence-corrected chi connectivity index (χ2v) is 8.32. The van der Waals surface area contributed by atoms with Crippen molar-refractivity contribution in [3.63, 3.8) is 0 Å². The molecule has 2 aliphatic heterocycles. The molecule has 2 fully saturated rings. The molecule has 0 aromatic carbocycles. The number of furan rings is 1. The van der Waals surface area contributed by atoms with Gasteiger partial charge in [-0.1, -0.05) is 6.42 Å². The molecule has 0 amide bonds. The first-order valence-corrected chi connectivity index (χ1v) is 9.57. The Labute approximate surface area is 127 Å². The molecule has 0 bridgehead atoms. The van der Waals surface area contributed by atoms with Gasteiger partial charge in [0.2, 0.25) is 10.0 Å². The van der Waals surface area contributed by atoms with Crippen molar-refractivity contribution in [3.8, 4) is 0 Å². The molecule has 1 atom stereocenters. The third-order valence-electron chi connectivity index (χ3n) is 4.78. The third-order valence-corrected chi connectivity index (χ3v) is 6.15. The van der Waals surface area contributed by atoms with E-state index in [-0.39, 0.29) is 5.54 Å². The van der Waals surface area contributed by atoms with Gasteiger partial charge in [-0.3, -0.25) is 4.90 Å². The molecule has 3 rings (SSSR count). The molecule has 2 saturated heterocycles. The quantitative estimate of drug-likeness (QED) is 0.857. The first-order valence-electron chi connectivity index (χ1n) is 7.72. The summed E-state index contributed by atoms with van der Waals surface area (Å²) >= 11 is 0. The van der Waals surface area contributed by atoms with Crippen molar-refractivity contribution in [2.75, 3.05) is 25.9 Å².